The molecule has 0 amide bonds. The second-order valence-electron chi connectivity index (χ2n) is 5.37. The number of aryl methyl sites for hydroxylation is 3. The Hall–Kier alpha value is -1.69. The maximum Gasteiger partial charge on any atom is 0.227 e. The first-order chi connectivity index (χ1) is 9.73. The van der Waals surface area contributed by atoms with Gasteiger partial charge >= 0.3 is 0 Å². The predicted molar refractivity (Wildman–Crippen MR) is 72.1 cm³/mol. The van der Waals surface area contributed by atoms with Crippen molar-refractivity contribution in [3.63, 3.8) is 0 Å². The van der Waals surface area contributed by atoms with Gasteiger partial charge in [0.05, 0.1) is 0 Å². The Labute approximate surface area is 118 Å². The van der Waals surface area contributed by atoms with E-state index in [-0.39, 0.29) is 5.60 Å². The van der Waals surface area contributed by atoms with Crippen LogP contribution in [0.2, 0.25) is 0 Å². The van der Waals surface area contributed by atoms with Crippen LogP contribution in [0.3, 0.4) is 0 Å². The van der Waals surface area contributed by atoms with Crippen LogP contribution in [0.25, 0.3) is 0 Å². The maximum absolute atomic E-state index is 5.67. The molecule has 1 fully saturated rings. The summed E-state index contributed by atoms with van der Waals surface area (Å²) in [4.78, 5) is 8.82. The predicted octanol–water partition coefficient (Wildman–Crippen LogP) is 2.00. The summed E-state index contributed by atoms with van der Waals surface area (Å²) >= 11 is 0. The molecule has 0 spiro atoms. The first kappa shape index (κ1) is 13.3. The van der Waals surface area contributed by atoms with Crippen molar-refractivity contribution in [2.24, 2.45) is 7.05 Å². The average molecular weight is 276 g/mol. The Morgan fingerprint density at radius 3 is 2.80 bits per heavy atom. The molecule has 2 aromatic rings. The SMILES string of the molecule is COC1(c2noc(CCc3nccn3C)n2)CCCC1. The minimum Gasteiger partial charge on any atom is -0.370 e. The molecular weight excluding hydrogens is 256 g/mol. The number of aromatic nitrogens is 4. The normalized spacial score (nSPS) is 17.7. The summed E-state index contributed by atoms with van der Waals surface area (Å²) in [7, 11) is 3.72. The van der Waals surface area contributed by atoms with Gasteiger partial charge in [-0.25, -0.2) is 4.98 Å². The van der Waals surface area contributed by atoms with E-state index in [4.69, 9.17) is 9.26 Å². The fourth-order valence-corrected chi connectivity index (χ4v) is 2.86. The van der Waals surface area contributed by atoms with Gasteiger partial charge in [0.15, 0.2) is 0 Å². The molecule has 0 aromatic carbocycles. The number of nitrogens with zero attached hydrogens (tertiary/aromatic N) is 4. The number of hydrogen-bond donors (Lipinski definition) is 0. The Morgan fingerprint density at radius 2 is 2.15 bits per heavy atom. The summed E-state index contributed by atoms with van der Waals surface area (Å²) in [5.74, 6) is 2.38. The topological polar surface area (TPSA) is 66.0 Å². The van der Waals surface area contributed by atoms with E-state index in [1.54, 1.807) is 13.3 Å². The lowest BCUT2D eigenvalue weighted by atomic mass is 10.0. The van der Waals surface area contributed by atoms with Crippen LogP contribution in [0.1, 0.15) is 43.2 Å². The highest BCUT2D eigenvalue weighted by Crippen LogP contribution is 2.40. The van der Waals surface area contributed by atoms with Crippen LogP contribution >= 0.6 is 0 Å². The van der Waals surface area contributed by atoms with Crippen molar-refractivity contribution in [3.8, 4) is 0 Å². The molecule has 0 radical (unpaired) electrons. The van der Waals surface area contributed by atoms with Crippen molar-refractivity contribution < 1.29 is 9.26 Å². The highest BCUT2D eigenvalue weighted by molar-refractivity contribution is 5.05. The monoisotopic (exact) mass is 276 g/mol. The highest BCUT2D eigenvalue weighted by Gasteiger charge is 2.40. The third-order valence-electron chi connectivity index (χ3n) is 4.16. The molecule has 3 rings (SSSR count). The number of methoxy groups -OCH3 is 1. The minimum absolute atomic E-state index is 0.328. The molecule has 0 atom stereocenters. The van der Waals surface area contributed by atoms with Gasteiger partial charge in [-0.1, -0.05) is 5.16 Å². The Bertz CT molecular complexity index is 569. The van der Waals surface area contributed by atoms with Crippen LogP contribution in [-0.2, 0) is 30.2 Å². The fourth-order valence-electron chi connectivity index (χ4n) is 2.86. The van der Waals surface area contributed by atoms with Crippen LogP contribution in [-0.4, -0.2) is 26.8 Å². The molecular formula is C14H20N4O2. The number of imidazole rings is 1. The van der Waals surface area contributed by atoms with E-state index in [1.165, 1.54) is 0 Å². The van der Waals surface area contributed by atoms with E-state index in [0.29, 0.717) is 18.1 Å². The van der Waals surface area contributed by atoms with Crippen LogP contribution in [0.4, 0.5) is 0 Å². The summed E-state index contributed by atoms with van der Waals surface area (Å²) in [5, 5.41) is 4.13. The first-order valence-corrected chi connectivity index (χ1v) is 7.08. The smallest absolute Gasteiger partial charge is 0.227 e. The molecule has 0 aliphatic heterocycles. The molecule has 2 aromatic heterocycles. The summed E-state index contributed by atoms with van der Waals surface area (Å²) in [6.07, 6.45) is 9.50. The quantitative estimate of drug-likeness (QED) is 0.835. The number of ether oxygens (including phenoxy) is 1. The van der Waals surface area contributed by atoms with Crippen molar-refractivity contribution in [2.75, 3.05) is 7.11 Å². The molecule has 1 aliphatic carbocycles. The van der Waals surface area contributed by atoms with Crippen molar-refractivity contribution in [3.05, 3.63) is 29.9 Å². The standard InChI is InChI=1S/C14H20N4O2/c1-18-10-9-15-11(18)5-6-12-16-13(17-20-12)14(19-2)7-3-4-8-14/h9-10H,3-8H2,1-2H3. The van der Waals surface area contributed by atoms with Crippen LogP contribution in [0, 0.1) is 0 Å². The van der Waals surface area contributed by atoms with Gasteiger partial charge in [-0.05, 0) is 25.7 Å². The van der Waals surface area contributed by atoms with Gasteiger partial charge in [-0.2, -0.15) is 4.98 Å². The molecule has 20 heavy (non-hydrogen) atoms. The molecule has 6 heteroatoms. The van der Waals surface area contributed by atoms with Gasteiger partial charge in [0.25, 0.3) is 0 Å². The molecule has 0 unspecified atom stereocenters. The first-order valence-electron chi connectivity index (χ1n) is 7.08. The van der Waals surface area contributed by atoms with E-state index >= 15 is 0 Å². The zero-order chi connectivity index (χ0) is 14.0. The van der Waals surface area contributed by atoms with Gasteiger partial charge in [-0.15, -0.1) is 0 Å². The van der Waals surface area contributed by atoms with Gasteiger partial charge in [-0.3, -0.25) is 0 Å². The van der Waals surface area contributed by atoms with Gasteiger partial charge < -0.3 is 13.8 Å². The maximum atomic E-state index is 5.67. The molecule has 1 saturated carbocycles. The third-order valence-corrected chi connectivity index (χ3v) is 4.16. The lowest BCUT2D eigenvalue weighted by Crippen LogP contribution is -2.26. The highest BCUT2D eigenvalue weighted by atomic mass is 16.5. The summed E-state index contributed by atoms with van der Waals surface area (Å²) in [5.41, 5.74) is -0.328. The zero-order valence-electron chi connectivity index (χ0n) is 12.0. The molecule has 6 nitrogen and oxygen atoms in total. The second-order valence-corrected chi connectivity index (χ2v) is 5.37. The van der Waals surface area contributed by atoms with E-state index in [2.05, 4.69) is 15.1 Å². The van der Waals surface area contributed by atoms with E-state index in [0.717, 1.165) is 37.9 Å². The Kier molecular flexibility index (Phi) is 3.56. The van der Waals surface area contributed by atoms with Gasteiger partial charge in [0.2, 0.25) is 11.7 Å². The molecule has 108 valence electrons. The summed E-state index contributed by atoms with van der Waals surface area (Å²) in [6.45, 7) is 0. The average Bonchev–Trinajstić information content (AvgIpc) is 3.17. The molecule has 1 aliphatic rings. The second kappa shape index (κ2) is 5.36. The molecule has 2 heterocycles. The number of hydrogen-bond acceptors (Lipinski definition) is 5. The van der Waals surface area contributed by atoms with Crippen LogP contribution in [0.5, 0.6) is 0 Å². The summed E-state index contributed by atoms with van der Waals surface area (Å²) < 4.78 is 13.0. The molecule has 0 bridgehead atoms. The van der Waals surface area contributed by atoms with E-state index in [1.807, 2.05) is 17.8 Å². The minimum atomic E-state index is -0.328. The van der Waals surface area contributed by atoms with Crippen LogP contribution in [0.15, 0.2) is 16.9 Å². The van der Waals surface area contributed by atoms with Crippen molar-refractivity contribution in [2.45, 2.75) is 44.1 Å². The zero-order valence-corrected chi connectivity index (χ0v) is 12.0. The van der Waals surface area contributed by atoms with Crippen molar-refractivity contribution in [1.29, 1.82) is 0 Å². The lowest BCUT2D eigenvalue weighted by Gasteiger charge is -2.22. The van der Waals surface area contributed by atoms with E-state index < -0.39 is 0 Å². The molecule has 0 N–H and O–H groups in total. The largest absolute Gasteiger partial charge is 0.370 e. The lowest BCUT2D eigenvalue weighted by molar-refractivity contribution is -0.0178. The van der Waals surface area contributed by atoms with Crippen molar-refractivity contribution >= 4 is 0 Å². The molecule has 0 saturated heterocycles. The van der Waals surface area contributed by atoms with Gasteiger partial charge in [0.1, 0.15) is 11.4 Å². The van der Waals surface area contributed by atoms with Gasteiger partial charge in [0, 0.05) is 39.4 Å². The van der Waals surface area contributed by atoms with Crippen LogP contribution < -0.4 is 0 Å². The van der Waals surface area contributed by atoms with E-state index in [9.17, 15) is 0 Å². The number of rotatable bonds is 5. The third kappa shape index (κ3) is 2.35. The Morgan fingerprint density at radius 1 is 1.35 bits per heavy atom. The van der Waals surface area contributed by atoms with Crippen molar-refractivity contribution in [1.82, 2.24) is 19.7 Å². The summed E-state index contributed by atoms with van der Waals surface area (Å²) in [6, 6.07) is 0. The fraction of sp³-hybridized carbons (Fsp3) is 0.643. The Balaban J connectivity index is 1.69.